The van der Waals surface area contributed by atoms with Crippen molar-refractivity contribution >= 4 is 17.3 Å². The first-order valence-electron chi connectivity index (χ1n) is 5.97. The van der Waals surface area contributed by atoms with Crippen molar-refractivity contribution in [2.75, 3.05) is 11.9 Å². The molecule has 0 saturated carbocycles. The van der Waals surface area contributed by atoms with Crippen LogP contribution in [0.5, 0.6) is 0 Å². The van der Waals surface area contributed by atoms with Gasteiger partial charge in [-0.25, -0.2) is 8.78 Å². The fourth-order valence-corrected chi connectivity index (χ4v) is 2.03. The molecule has 2 aromatic carbocycles. The summed E-state index contributed by atoms with van der Waals surface area (Å²) in [4.78, 5) is 0. The van der Waals surface area contributed by atoms with Gasteiger partial charge in [0.15, 0.2) is 0 Å². The second kappa shape index (κ2) is 6.36. The maximum absolute atomic E-state index is 13.0. The van der Waals surface area contributed by atoms with Gasteiger partial charge in [-0.1, -0.05) is 11.6 Å². The molecule has 0 aliphatic carbocycles. The standard InChI is InChI=1S/C15H11ClF2N2/c16-12-1-2-15(11(7-12)9-19)20-4-3-10-5-13(17)8-14(18)6-10/h1-2,5-8,20H,3-4H2. The average Bonchev–Trinajstić information content (AvgIpc) is 2.39. The summed E-state index contributed by atoms with van der Waals surface area (Å²) in [6, 6.07) is 10.4. The third-order valence-corrected chi connectivity index (χ3v) is 2.99. The number of halogens is 3. The number of nitrogens with zero attached hydrogens (tertiary/aromatic N) is 1. The van der Waals surface area contributed by atoms with E-state index in [9.17, 15) is 8.78 Å². The molecule has 0 amide bonds. The molecule has 20 heavy (non-hydrogen) atoms. The van der Waals surface area contributed by atoms with Crippen molar-refractivity contribution in [3.63, 3.8) is 0 Å². The van der Waals surface area contributed by atoms with Gasteiger partial charge in [-0.15, -0.1) is 0 Å². The zero-order chi connectivity index (χ0) is 14.5. The highest BCUT2D eigenvalue weighted by atomic mass is 35.5. The zero-order valence-electron chi connectivity index (χ0n) is 10.5. The Morgan fingerprint density at radius 2 is 1.80 bits per heavy atom. The van der Waals surface area contributed by atoms with E-state index in [-0.39, 0.29) is 0 Å². The summed E-state index contributed by atoms with van der Waals surface area (Å²) < 4.78 is 26.0. The van der Waals surface area contributed by atoms with E-state index in [2.05, 4.69) is 5.32 Å². The molecule has 0 fully saturated rings. The molecule has 2 aromatic rings. The lowest BCUT2D eigenvalue weighted by molar-refractivity contribution is 0.580. The Hall–Kier alpha value is -2.12. The SMILES string of the molecule is N#Cc1cc(Cl)ccc1NCCc1cc(F)cc(F)c1. The van der Waals surface area contributed by atoms with Crippen LogP contribution >= 0.6 is 11.6 Å². The van der Waals surface area contributed by atoms with E-state index in [4.69, 9.17) is 16.9 Å². The van der Waals surface area contributed by atoms with Crippen molar-refractivity contribution in [3.8, 4) is 6.07 Å². The highest BCUT2D eigenvalue weighted by molar-refractivity contribution is 6.30. The van der Waals surface area contributed by atoms with Crippen LogP contribution in [-0.2, 0) is 6.42 Å². The minimum absolute atomic E-state index is 0.433. The van der Waals surface area contributed by atoms with Crippen LogP contribution in [-0.4, -0.2) is 6.54 Å². The lowest BCUT2D eigenvalue weighted by Gasteiger charge is -2.08. The normalized spacial score (nSPS) is 10.1. The molecule has 0 unspecified atom stereocenters. The van der Waals surface area contributed by atoms with Crippen LogP contribution in [0.25, 0.3) is 0 Å². The van der Waals surface area contributed by atoms with Crippen molar-refractivity contribution in [3.05, 3.63) is 64.2 Å². The van der Waals surface area contributed by atoms with Gasteiger partial charge in [0.25, 0.3) is 0 Å². The molecule has 0 spiro atoms. The summed E-state index contributed by atoms with van der Waals surface area (Å²) in [6.45, 7) is 0.458. The topological polar surface area (TPSA) is 35.8 Å². The minimum Gasteiger partial charge on any atom is -0.384 e. The van der Waals surface area contributed by atoms with Gasteiger partial charge < -0.3 is 5.32 Å². The van der Waals surface area contributed by atoms with Crippen LogP contribution < -0.4 is 5.32 Å². The molecular formula is C15H11ClF2N2. The zero-order valence-corrected chi connectivity index (χ0v) is 11.2. The summed E-state index contributed by atoms with van der Waals surface area (Å²) in [5.41, 5.74) is 1.64. The number of anilines is 1. The van der Waals surface area contributed by atoms with Gasteiger partial charge in [0.05, 0.1) is 11.3 Å². The van der Waals surface area contributed by atoms with E-state index >= 15 is 0 Å². The first-order chi connectivity index (χ1) is 9.58. The Kier molecular flexibility index (Phi) is 4.54. The number of nitrogens with one attached hydrogen (secondary N) is 1. The highest BCUT2D eigenvalue weighted by Crippen LogP contribution is 2.20. The Labute approximate surface area is 120 Å². The Balaban J connectivity index is 2.01. The van der Waals surface area contributed by atoms with E-state index in [1.54, 1.807) is 18.2 Å². The maximum Gasteiger partial charge on any atom is 0.126 e. The molecule has 0 radical (unpaired) electrons. The van der Waals surface area contributed by atoms with Crippen molar-refractivity contribution in [2.24, 2.45) is 0 Å². The highest BCUT2D eigenvalue weighted by Gasteiger charge is 2.04. The minimum atomic E-state index is -0.593. The van der Waals surface area contributed by atoms with Gasteiger partial charge in [-0.3, -0.25) is 0 Å². The summed E-state index contributed by atoms with van der Waals surface area (Å²) in [6.07, 6.45) is 0.447. The van der Waals surface area contributed by atoms with Crippen LogP contribution in [0.2, 0.25) is 5.02 Å². The summed E-state index contributed by atoms with van der Waals surface area (Å²) in [7, 11) is 0. The van der Waals surface area contributed by atoms with Gasteiger partial charge >= 0.3 is 0 Å². The molecule has 5 heteroatoms. The first kappa shape index (κ1) is 14.3. The van der Waals surface area contributed by atoms with Gasteiger partial charge in [-0.05, 0) is 42.3 Å². The third kappa shape index (κ3) is 3.69. The molecule has 0 aliphatic heterocycles. The molecule has 1 N–H and O–H groups in total. The van der Waals surface area contributed by atoms with Gasteiger partial charge in [-0.2, -0.15) is 5.26 Å². The Bertz CT molecular complexity index is 645. The lowest BCUT2D eigenvalue weighted by Crippen LogP contribution is -2.06. The smallest absolute Gasteiger partial charge is 0.126 e. The Morgan fingerprint density at radius 1 is 1.10 bits per heavy atom. The summed E-state index contributed by atoms with van der Waals surface area (Å²) in [5, 5.41) is 12.5. The monoisotopic (exact) mass is 292 g/mol. The molecule has 0 saturated heterocycles. The molecule has 0 aromatic heterocycles. The van der Waals surface area contributed by atoms with Crippen molar-refractivity contribution in [2.45, 2.75) is 6.42 Å². The van der Waals surface area contributed by atoms with Crippen molar-refractivity contribution < 1.29 is 8.78 Å². The number of rotatable bonds is 4. The number of benzene rings is 2. The van der Waals surface area contributed by atoms with Gasteiger partial charge in [0.2, 0.25) is 0 Å². The second-order valence-electron chi connectivity index (χ2n) is 4.26. The fraction of sp³-hybridized carbons (Fsp3) is 0.133. The predicted molar refractivity (Wildman–Crippen MR) is 74.7 cm³/mol. The quantitative estimate of drug-likeness (QED) is 0.919. The van der Waals surface area contributed by atoms with Gasteiger partial charge in [0, 0.05) is 17.6 Å². The lowest BCUT2D eigenvalue weighted by atomic mass is 10.1. The predicted octanol–water partition coefficient (Wildman–Crippen LogP) is 4.14. The van der Waals surface area contributed by atoms with E-state index in [1.807, 2.05) is 6.07 Å². The molecule has 2 nitrogen and oxygen atoms in total. The van der Waals surface area contributed by atoms with Crippen molar-refractivity contribution in [1.29, 1.82) is 5.26 Å². The fourth-order valence-electron chi connectivity index (χ4n) is 1.86. The maximum atomic E-state index is 13.0. The average molecular weight is 293 g/mol. The van der Waals surface area contributed by atoms with Crippen LogP contribution in [0.1, 0.15) is 11.1 Å². The molecule has 102 valence electrons. The molecule has 0 atom stereocenters. The molecule has 0 aliphatic rings. The molecule has 2 rings (SSSR count). The summed E-state index contributed by atoms with van der Waals surface area (Å²) in [5.74, 6) is -1.19. The number of hydrogen-bond acceptors (Lipinski definition) is 2. The number of nitriles is 1. The second-order valence-corrected chi connectivity index (χ2v) is 4.69. The van der Waals surface area contributed by atoms with Crippen LogP contribution in [0.4, 0.5) is 14.5 Å². The largest absolute Gasteiger partial charge is 0.384 e. The molecular weight excluding hydrogens is 282 g/mol. The van der Waals surface area contributed by atoms with E-state index < -0.39 is 11.6 Å². The molecule has 0 bridgehead atoms. The third-order valence-electron chi connectivity index (χ3n) is 2.75. The van der Waals surface area contributed by atoms with E-state index in [1.165, 1.54) is 12.1 Å². The summed E-state index contributed by atoms with van der Waals surface area (Å²) >= 11 is 5.80. The van der Waals surface area contributed by atoms with Crippen LogP contribution in [0.15, 0.2) is 36.4 Å². The van der Waals surface area contributed by atoms with E-state index in [0.717, 1.165) is 6.07 Å². The van der Waals surface area contributed by atoms with Gasteiger partial charge in [0.1, 0.15) is 17.7 Å². The van der Waals surface area contributed by atoms with Crippen LogP contribution in [0.3, 0.4) is 0 Å². The van der Waals surface area contributed by atoms with Crippen LogP contribution in [0, 0.1) is 23.0 Å². The first-order valence-corrected chi connectivity index (χ1v) is 6.35. The molecule has 0 heterocycles. The van der Waals surface area contributed by atoms with Crippen molar-refractivity contribution in [1.82, 2.24) is 0 Å². The Morgan fingerprint density at radius 3 is 2.45 bits per heavy atom. The number of hydrogen-bond donors (Lipinski definition) is 1. The van der Waals surface area contributed by atoms with E-state index in [0.29, 0.717) is 34.8 Å².